The van der Waals surface area contributed by atoms with Gasteiger partial charge in [-0.05, 0) is 5.56 Å². The molecule has 62 valence electrons. The molecule has 0 saturated carbocycles. The van der Waals surface area contributed by atoms with Crippen LogP contribution in [0.5, 0.6) is 0 Å². The number of hydrogen-bond donors (Lipinski definition) is 0. The number of benzene rings is 1. The molecule has 0 amide bonds. The molecule has 0 bridgehead atoms. The van der Waals surface area contributed by atoms with Gasteiger partial charge in [0.1, 0.15) is 0 Å². The van der Waals surface area contributed by atoms with Gasteiger partial charge in [-0.3, -0.25) is 0 Å². The topological polar surface area (TPSA) is 0 Å². The molecule has 11 heavy (non-hydrogen) atoms. The molecule has 0 radical (unpaired) electrons. The predicted octanol–water partition coefficient (Wildman–Crippen LogP) is 3.67. The molecule has 1 aromatic rings. The standard InChI is InChI=1S/C7H7Cl.C2H5Cl/c8-6-7-4-2-1-3-5-7;1-2-3/h1-5H,6H2;2H2,1H3. The molecule has 0 saturated heterocycles. The van der Waals surface area contributed by atoms with Gasteiger partial charge in [0.2, 0.25) is 0 Å². The van der Waals surface area contributed by atoms with E-state index in [-0.39, 0.29) is 0 Å². The third kappa shape index (κ3) is 6.21. The highest BCUT2D eigenvalue weighted by molar-refractivity contribution is 6.17. The normalized spacial score (nSPS) is 8.27. The lowest BCUT2D eigenvalue weighted by Crippen LogP contribution is -1.71. The first-order valence-corrected chi connectivity index (χ1v) is 4.57. The first kappa shape index (κ1) is 10.8. The first-order chi connectivity index (χ1) is 5.35. The van der Waals surface area contributed by atoms with Gasteiger partial charge in [0, 0.05) is 11.8 Å². The van der Waals surface area contributed by atoms with Gasteiger partial charge in [0.25, 0.3) is 0 Å². The van der Waals surface area contributed by atoms with Gasteiger partial charge in [-0.15, -0.1) is 23.2 Å². The number of halogens is 2. The van der Waals surface area contributed by atoms with Crippen LogP contribution in [0.15, 0.2) is 30.3 Å². The summed E-state index contributed by atoms with van der Waals surface area (Å²) >= 11 is 10.5. The van der Waals surface area contributed by atoms with Gasteiger partial charge in [0.15, 0.2) is 0 Å². The van der Waals surface area contributed by atoms with Crippen LogP contribution in [0, 0.1) is 0 Å². The van der Waals surface area contributed by atoms with Crippen molar-refractivity contribution in [3.05, 3.63) is 35.9 Å². The van der Waals surface area contributed by atoms with Crippen LogP contribution in [0.4, 0.5) is 0 Å². The van der Waals surface area contributed by atoms with Crippen molar-refractivity contribution >= 4 is 23.2 Å². The fourth-order valence-corrected chi connectivity index (χ4v) is 0.745. The first-order valence-electron chi connectivity index (χ1n) is 3.51. The van der Waals surface area contributed by atoms with Gasteiger partial charge in [-0.1, -0.05) is 37.3 Å². The molecule has 0 fully saturated rings. The number of rotatable bonds is 1. The van der Waals surface area contributed by atoms with Crippen LogP contribution in [-0.4, -0.2) is 5.88 Å². The lowest BCUT2D eigenvalue weighted by atomic mass is 10.2. The summed E-state index contributed by atoms with van der Waals surface area (Å²) in [6.45, 7) is 1.89. The van der Waals surface area contributed by atoms with E-state index in [4.69, 9.17) is 23.2 Å². The van der Waals surface area contributed by atoms with E-state index in [0.29, 0.717) is 5.88 Å². The fraction of sp³-hybridized carbons (Fsp3) is 0.333. The lowest BCUT2D eigenvalue weighted by Gasteiger charge is -1.88. The Morgan fingerprint density at radius 3 is 1.82 bits per heavy atom. The summed E-state index contributed by atoms with van der Waals surface area (Å²) in [6.07, 6.45) is 0. The highest BCUT2D eigenvalue weighted by atomic mass is 35.5. The molecule has 0 aliphatic rings. The Morgan fingerprint density at radius 1 is 1.09 bits per heavy atom. The Morgan fingerprint density at radius 2 is 1.55 bits per heavy atom. The SMILES string of the molecule is CCCl.ClCc1ccccc1. The Hall–Kier alpha value is -0.200. The third-order valence-corrected chi connectivity index (χ3v) is 1.31. The van der Waals surface area contributed by atoms with E-state index in [1.54, 1.807) is 0 Å². The number of alkyl halides is 2. The molecule has 0 spiro atoms. The summed E-state index contributed by atoms with van der Waals surface area (Å²) < 4.78 is 0. The van der Waals surface area contributed by atoms with Crippen molar-refractivity contribution in [2.24, 2.45) is 0 Å². The van der Waals surface area contributed by atoms with E-state index in [1.165, 1.54) is 5.56 Å². The Balaban J connectivity index is 0.000000292. The molecule has 0 aromatic heterocycles. The van der Waals surface area contributed by atoms with Crippen LogP contribution in [0.3, 0.4) is 0 Å². The maximum Gasteiger partial charge on any atom is 0.0474 e. The van der Waals surface area contributed by atoms with Crippen LogP contribution in [0.2, 0.25) is 0 Å². The number of hydrogen-bond acceptors (Lipinski definition) is 0. The van der Waals surface area contributed by atoms with Crippen molar-refractivity contribution in [3.63, 3.8) is 0 Å². The van der Waals surface area contributed by atoms with E-state index in [1.807, 2.05) is 37.3 Å². The summed E-state index contributed by atoms with van der Waals surface area (Å²) in [5.41, 5.74) is 1.18. The molecule has 0 aliphatic carbocycles. The molecule has 1 aromatic carbocycles. The minimum absolute atomic E-state index is 0.612. The average molecular weight is 191 g/mol. The summed E-state index contributed by atoms with van der Waals surface area (Å²) in [7, 11) is 0. The average Bonchev–Trinajstić information content (AvgIpc) is 2.08. The van der Waals surface area contributed by atoms with Crippen molar-refractivity contribution in [1.82, 2.24) is 0 Å². The van der Waals surface area contributed by atoms with Crippen LogP contribution in [-0.2, 0) is 5.88 Å². The predicted molar refractivity (Wildman–Crippen MR) is 52.4 cm³/mol. The second kappa shape index (κ2) is 7.90. The fourth-order valence-electron chi connectivity index (χ4n) is 0.567. The maximum atomic E-state index is 5.53. The van der Waals surface area contributed by atoms with Gasteiger partial charge in [0.05, 0.1) is 0 Å². The molecule has 0 nitrogen and oxygen atoms in total. The molecule has 0 heterocycles. The van der Waals surface area contributed by atoms with Crippen molar-refractivity contribution in [1.29, 1.82) is 0 Å². The van der Waals surface area contributed by atoms with Crippen LogP contribution in [0.1, 0.15) is 12.5 Å². The summed E-state index contributed by atoms with van der Waals surface area (Å²) in [5, 5.41) is 0. The van der Waals surface area contributed by atoms with E-state index in [2.05, 4.69) is 0 Å². The Bertz CT molecular complexity index is 160. The Kier molecular flexibility index (Phi) is 7.76. The van der Waals surface area contributed by atoms with E-state index in [0.717, 1.165) is 5.88 Å². The zero-order valence-corrected chi connectivity index (χ0v) is 8.07. The lowest BCUT2D eigenvalue weighted by molar-refractivity contribution is 1.41. The molecule has 0 atom stereocenters. The minimum Gasteiger partial charge on any atom is -0.127 e. The van der Waals surface area contributed by atoms with Crippen molar-refractivity contribution in [3.8, 4) is 0 Å². The zero-order chi connectivity index (χ0) is 8.53. The largest absolute Gasteiger partial charge is 0.127 e. The molecule has 1 rings (SSSR count). The van der Waals surface area contributed by atoms with Crippen molar-refractivity contribution < 1.29 is 0 Å². The maximum absolute atomic E-state index is 5.53. The van der Waals surface area contributed by atoms with Crippen LogP contribution < -0.4 is 0 Å². The molecular formula is C9H12Cl2. The summed E-state index contributed by atoms with van der Waals surface area (Å²) in [5.74, 6) is 1.33. The molecule has 0 aliphatic heterocycles. The molecule has 2 heteroatoms. The second-order valence-corrected chi connectivity index (χ2v) is 2.69. The van der Waals surface area contributed by atoms with E-state index >= 15 is 0 Å². The van der Waals surface area contributed by atoms with Crippen molar-refractivity contribution in [2.75, 3.05) is 5.88 Å². The smallest absolute Gasteiger partial charge is 0.0474 e. The van der Waals surface area contributed by atoms with Crippen LogP contribution in [0.25, 0.3) is 0 Å². The van der Waals surface area contributed by atoms with Gasteiger partial charge in [-0.2, -0.15) is 0 Å². The molecular weight excluding hydrogens is 179 g/mol. The molecule has 0 unspecified atom stereocenters. The summed E-state index contributed by atoms with van der Waals surface area (Å²) in [4.78, 5) is 0. The molecule has 0 N–H and O–H groups in total. The zero-order valence-electron chi connectivity index (χ0n) is 6.56. The van der Waals surface area contributed by atoms with Gasteiger partial charge >= 0.3 is 0 Å². The quantitative estimate of drug-likeness (QED) is 0.594. The van der Waals surface area contributed by atoms with Crippen molar-refractivity contribution in [2.45, 2.75) is 12.8 Å². The Labute approximate surface area is 78.1 Å². The van der Waals surface area contributed by atoms with Gasteiger partial charge < -0.3 is 0 Å². The van der Waals surface area contributed by atoms with E-state index in [9.17, 15) is 0 Å². The van der Waals surface area contributed by atoms with Gasteiger partial charge in [-0.25, -0.2) is 0 Å². The second-order valence-electron chi connectivity index (χ2n) is 1.89. The highest BCUT2D eigenvalue weighted by Crippen LogP contribution is 2.00. The van der Waals surface area contributed by atoms with E-state index < -0.39 is 0 Å². The highest BCUT2D eigenvalue weighted by Gasteiger charge is 1.81. The summed E-state index contributed by atoms with van der Waals surface area (Å²) in [6, 6.07) is 9.96. The monoisotopic (exact) mass is 190 g/mol. The minimum atomic E-state index is 0.612. The van der Waals surface area contributed by atoms with Crippen LogP contribution >= 0.6 is 23.2 Å². The third-order valence-electron chi connectivity index (χ3n) is 0.997.